The zero-order chi connectivity index (χ0) is 22.7. The number of hydrogen-bond donors (Lipinski definition) is 4. The van der Waals surface area contributed by atoms with Gasteiger partial charge in [-0.05, 0) is 28.3 Å². The molecule has 8 heteroatoms. The zero-order valence-electron chi connectivity index (χ0n) is 17.6. The van der Waals surface area contributed by atoms with Crippen LogP contribution in [0.3, 0.4) is 0 Å². The zero-order valence-corrected chi connectivity index (χ0v) is 17.6. The molecule has 166 valence electrons. The summed E-state index contributed by atoms with van der Waals surface area (Å²) in [4.78, 5) is 16.2. The molecule has 0 aliphatic heterocycles. The highest BCUT2D eigenvalue weighted by atomic mass is 16.5. The predicted octanol–water partition coefficient (Wildman–Crippen LogP) is 2.61. The number of aliphatic hydroxyl groups excluding tert-OH is 2. The number of ether oxygens (including phenoxy) is 2. The molecule has 1 aliphatic rings. The van der Waals surface area contributed by atoms with Crippen LogP contribution >= 0.6 is 0 Å². The number of nitrogen functional groups attached to an aromatic ring is 1. The number of amides is 1. The molecule has 8 nitrogen and oxygen atoms in total. The Morgan fingerprint density at radius 3 is 2.38 bits per heavy atom. The summed E-state index contributed by atoms with van der Waals surface area (Å²) in [6.45, 7) is -0.0396. The Hall–Kier alpha value is -3.62. The van der Waals surface area contributed by atoms with Gasteiger partial charge in [0.25, 0.3) is 0 Å². The van der Waals surface area contributed by atoms with Crippen LogP contribution in [0, 0.1) is 0 Å². The molecule has 0 saturated carbocycles. The molecule has 3 aromatic rings. The summed E-state index contributed by atoms with van der Waals surface area (Å²) in [6, 6.07) is 17.6. The minimum atomic E-state index is -1.29. The lowest BCUT2D eigenvalue weighted by atomic mass is 9.98. The predicted molar refractivity (Wildman–Crippen MR) is 119 cm³/mol. The van der Waals surface area contributed by atoms with Crippen LogP contribution in [0.4, 0.5) is 10.6 Å². The van der Waals surface area contributed by atoms with E-state index in [1.807, 2.05) is 36.4 Å². The molecule has 0 spiro atoms. The van der Waals surface area contributed by atoms with Gasteiger partial charge < -0.3 is 30.7 Å². The third-order valence-corrected chi connectivity index (χ3v) is 5.63. The maximum atomic E-state index is 12.3. The van der Waals surface area contributed by atoms with Crippen LogP contribution in [-0.4, -0.2) is 47.7 Å². The molecule has 0 radical (unpaired) electrons. The molecule has 5 N–H and O–H groups in total. The van der Waals surface area contributed by atoms with Gasteiger partial charge in [0.1, 0.15) is 18.8 Å². The monoisotopic (exact) mass is 435 g/mol. The highest BCUT2D eigenvalue weighted by Gasteiger charge is 2.29. The number of carbonyl (C=O) groups is 1. The Morgan fingerprint density at radius 2 is 1.75 bits per heavy atom. The summed E-state index contributed by atoms with van der Waals surface area (Å²) in [5.74, 6) is 0.407. The molecule has 32 heavy (non-hydrogen) atoms. The first kappa shape index (κ1) is 21.6. The summed E-state index contributed by atoms with van der Waals surface area (Å²) >= 11 is 0. The van der Waals surface area contributed by atoms with E-state index in [4.69, 9.17) is 15.2 Å². The van der Waals surface area contributed by atoms with E-state index in [1.54, 1.807) is 0 Å². The Balaban J connectivity index is 1.34. The Kier molecular flexibility index (Phi) is 6.25. The first-order valence-corrected chi connectivity index (χ1v) is 10.2. The van der Waals surface area contributed by atoms with Crippen LogP contribution in [0.2, 0.25) is 0 Å². The summed E-state index contributed by atoms with van der Waals surface area (Å²) in [5, 5.41) is 23.1. The molecule has 1 aliphatic carbocycles. The minimum absolute atomic E-state index is 0.0584. The van der Waals surface area contributed by atoms with Gasteiger partial charge in [0.15, 0.2) is 11.6 Å². The second-order valence-electron chi connectivity index (χ2n) is 7.57. The fourth-order valence-corrected chi connectivity index (χ4v) is 3.97. The molecule has 0 bridgehead atoms. The molecule has 2 aromatic carbocycles. The lowest BCUT2D eigenvalue weighted by Gasteiger charge is -2.20. The van der Waals surface area contributed by atoms with Crippen molar-refractivity contribution >= 4 is 11.9 Å². The van der Waals surface area contributed by atoms with Crippen LogP contribution in [0.25, 0.3) is 11.1 Å². The molecule has 2 atom stereocenters. The van der Waals surface area contributed by atoms with E-state index in [9.17, 15) is 15.0 Å². The summed E-state index contributed by atoms with van der Waals surface area (Å²) < 4.78 is 10.5. The number of benzene rings is 2. The van der Waals surface area contributed by atoms with Gasteiger partial charge in [0.05, 0.1) is 7.11 Å². The van der Waals surface area contributed by atoms with Crippen molar-refractivity contribution in [2.45, 2.75) is 18.1 Å². The van der Waals surface area contributed by atoms with Crippen molar-refractivity contribution in [1.82, 2.24) is 10.3 Å². The second-order valence-corrected chi connectivity index (χ2v) is 7.57. The number of anilines is 1. The van der Waals surface area contributed by atoms with Crippen LogP contribution in [0.15, 0.2) is 60.8 Å². The number of nitrogens with one attached hydrogen (secondary N) is 1. The van der Waals surface area contributed by atoms with E-state index in [-0.39, 0.29) is 24.9 Å². The van der Waals surface area contributed by atoms with Gasteiger partial charge in [0.2, 0.25) is 0 Å². The number of nitrogens with two attached hydrogens (primary N) is 1. The molecule has 0 fully saturated rings. The number of fused-ring (bicyclic) bond motifs is 3. The fraction of sp³-hybridized carbons (Fsp3) is 0.250. The van der Waals surface area contributed by atoms with Crippen molar-refractivity contribution in [1.29, 1.82) is 0 Å². The summed E-state index contributed by atoms with van der Waals surface area (Å²) in [5.41, 5.74) is 10.5. The average Bonchev–Trinajstić information content (AvgIpc) is 3.14. The summed E-state index contributed by atoms with van der Waals surface area (Å²) in [7, 11) is 1.43. The topological polar surface area (TPSA) is 127 Å². The maximum Gasteiger partial charge on any atom is 0.407 e. The number of rotatable bonds is 7. The fourth-order valence-electron chi connectivity index (χ4n) is 3.97. The van der Waals surface area contributed by atoms with Gasteiger partial charge in [-0.3, -0.25) is 0 Å². The highest BCUT2D eigenvalue weighted by molar-refractivity contribution is 5.79. The summed E-state index contributed by atoms with van der Waals surface area (Å²) in [6.07, 6.45) is -1.89. The number of alkyl carbamates (subject to hydrolysis) is 1. The average molecular weight is 435 g/mol. The number of carbonyl (C=O) groups excluding carboxylic acids is 1. The molecule has 1 amide bonds. The van der Waals surface area contributed by atoms with E-state index in [0.717, 1.165) is 22.3 Å². The van der Waals surface area contributed by atoms with E-state index < -0.39 is 18.3 Å². The lowest BCUT2D eigenvalue weighted by Crippen LogP contribution is -2.36. The number of nitrogens with zero attached hydrogens (tertiary/aromatic N) is 1. The van der Waals surface area contributed by atoms with Crippen molar-refractivity contribution in [2.24, 2.45) is 0 Å². The van der Waals surface area contributed by atoms with E-state index in [2.05, 4.69) is 22.4 Å². The van der Waals surface area contributed by atoms with Gasteiger partial charge in [-0.1, -0.05) is 48.5 Å². The van der Waals surface area contributed by atoms with Crippen molar-refractivity contribution in [3.05, 3.63) is 77.5 Å². The van der Waals surface area contributed by atoms with Gasteiger partial charge in [-0.25, -0.2) is 9.78 Å². The number of methoxy groups -OCH3 is 1. The molecule has 4 rings (SSSR count). The standard InChI is InChI=1S/C24H25N3O5/c1-31-21-10-14(11-26-23(21)25)22(29)20(28)12-27-24(30)32-13-19-17-8-4-2-6-15(17)16-7-3-5-9-18(16)19/h2-11,19-20,22,28-29H,12-13H2,1H3,(H2,25,26)(H,27,30). The molecule has 2 unspecified atom stereocenters. The van der Waals surface area contributed by atoms with Crippen molar-refractivity contribution in [3.63, 3.8) is 0 Å². The van der Waals surface area contributed by atoms with Crippen molar-refractivity contribution in [2.75, 3.05) is 26.0 Å². The third-order valence-electron chi connectivity index (χ3n) is 5.63. The van der Waals surface area contributed by atoms with Crippen LogP contribution < -0.4 is 15.8 Å². The molecular weight excluding hydrogens is 410 g/mol. The Labute approximate surface area is 185 Å². The number of hydrogen-bond acceptors (Lipinski definition) is 7. The van der Waals surface area contributed by atoms with E-state index in [0.29, 0.717) is 11.3 Å². The second kappa shape index (κ2) is 9.25. The molecular formula is C24H25N3O5. The number of pyridine rings is 1. The third kappa shape index (κ3) is 4.23. The number of aromatic nitrogens is 1. The van der Waals surface area contributed by atoms with E-state index in [1.165, 1.54) is 19.4 Å². The Bertz CT molecular complexity index is 1070. The van der Waals surface area contributed by atoms with Gasteiger partial charge in [-0.15, -0.1) is 0 Å². The first-order chi connectivity index (χ1) is 15.5. The first-order valence-electron chi connectivity index (χ1n) is 10.2. The number of aliphatic hydroxyl groups is 2. The molecule has 1 aromatic heterocycles. The molecule has 1 heterocycles. The van der Waals surface area contributed by atoms with Crippen LogP contribution in [0.5, 0.6) is 5.75 Å². The van der Waals surface area contributed by atoms with Crippen molar-refractivity contribution < 1.29 is 24.5 Å². The van der Waals surface area contributed by atoms with E-state index >= 15 is 0 Å². The SMILES string of the molecule is COc1cc(C(O)C(O)CNC(=O)OCC2c3ccccc3-c3ccccc32)cnc1N. The van der Waals surface area contributed by atoms with Gasteiger partial charge >= 0.3 is 6.09 Å². The lowest BCUT2D eigenvalue weighted by molar-refractivity contribution is 0.0182. The molecule has 0 saturated heterocycles. The largest absolute Gasteiger partial charge is 0.493 e. The van der Waals surface area contributed by atoms with Gasteiger partial charge in [0, 0.05) is 24.2 Å². The quantitative estimate of drug-likeness (QED) is 0.449. The van der Waals surface area contributed by atoms with Crippen LogP contribution in [0.1, 0.15) is 28.7 Å². The normalized spacial score (nSPS) is 14.2. The maximum absolute atomic E-state index is 12.3. The van der Waals surface area contributed by atoms with Gasteiger partial charge in [-0.2, -0.15) is 0 Å². The smallest absolute Gasteiger partial charge is 0.407 e. The van der Waals surface area contributed by atoms with Crippen LogP contribution in [-0.2, 0) is 4.74 Å². The highest BCUT2D eigenvalue weighted by Crippen LogP contribution is 2.44. The minimum Gasteiger partial charge on any atom is -0.493 e. The van der Waals surface area contributed by atoms with Crippen molar-refractivity contribution in [3.8, 4) is 16.9 Å². The Morgan fingerprint density at radius 1 is 1.12 bits per heavy atom.